The lowest BCUT2D eigenvalue weighted by Gasteiger charge is -2.13. The van der Waals surface area contributed by atoms with Crippen LogP contribution in [0.5, 0.6) is 0 Å². The molecule has 1 heterocycles. The largest absolute Gasteiger partial charge is 0.419 e. The second-order valence-corrected chi connectivity index (χ2v) is 7.79. The summed E-state index contributed by atoms with van der Waals surface area (Å²) in [6.45, 7) is 1.33. The third-order valence-electron chi connectivity index (χ3n) is 3.55. The van der Waals surface area contributed by atoms with Gasteiger partial charge in [-0.2, -0.15) is 13.2 Å². The Morgan fingerprint density at radius 2 is 1.81 bits per heavy atom. The molecule has 0 aliphatic rings. The maximum absolute atomic E-state index is 13.5. The first kappa shape index (κ1) is 19.9. The number of amides is 1. The Hall–Kier alpha value is -2.40. The van der Waals surface area contributed by atoms with E-state index in [-0.39, 0.29) is 21.8 Å². The van der Waals surface area contributed by atoms with Crippen molar-refractivity contribution in [1.82, 2.24) is 9.29 Å². The van der Waals surface area contributed by atoms with E-state index in [0.717, 1.165) is 16.6 Å². The van der Waals surface area contributed by atoms with E-state index in [0.29, 0.717) is 12.1 Å². The molecule has 2 rings (SSSR count). The van der Waals surface area contributed by atoms with Crippen molar-refractivity contribution >= 4 is 21.6 Å². The van der Waals surface area contributed by atoms with Crippen molar-refractivity contribution < 1.29 is 30.8 Å². The number of aryl methyl sites for hydroxylation is 1. The summed E-state index contributed by atoms with van der Waals surface area (Å²) < 4.78 is 76.8. The fourth-order valence-electron chi connectivity index (χ4n) is 2.08. The zero-order valence-corrected chi connectivity index (χ0v) is 14.7. The minimum atomic E-state index is -4.92. The van der Waals surface area contributed by atoms with E-state index in [4.69, 9.17) is 0 Å². The molecular formula is C15H15F4N3O3S. The van der Waals surface area contributed by atoms with Gasteiger partial charge in [0.05, 0.1) is 5.56 Å². The highest BCUT2D eigenvalue weighted by atomic mass is 32.2. The van der Waals surface area contributed by atoms with Gasteiger partial charge < -0.3 is 10.3 Å². The van der Waals surface area contributed by atoms with E-state index in [1.807, 2.05) is 0 Å². The molecule has 0 saturated carbocycles. The molecule has 0 aliphatic carbocycles. The normalized spacial score (nSPS) is 12.5. The first-order valence-corrected chi connectivity index (χ1v) is 8.57. The van der Waals surface area contributed by atoms with Crippen LogP contribution < -0.4 is 5.32 Å². The van der Waals surface area contributed by atoms with Gasteiger partial charge in [-0.3, -0.25) is 4.79 Å². The molecule has 1 aromatic carbocycles. The molecule has 6 nitrogen and oxygen atoms in total. The molecule has 1 aromatic heterocycles. The summed E-state index contributed by atoms with van der Waals surface area (Å²) in [7, 11) is -1.16. The zero-order valence-electron chi connectivity index (χ0n) is 13.9. The number of nitrogens with zero attached hydrogens (tertiary/aromatic N) is 1. The second-order valence-electron chi connectivity index (χ2n) is 5.64. The Morgan fingerprint density at radius 3 is 2.35 bits per heavy atom. The zero-order chi connectivity index (χ0) is 19.9. The highest BCUT2D eigenvalue weighted by Gasteiger charge is 2.35. The molecule has 0 unspecified atom stereocenters. The van der Waals surface area contributed by atoms with Crippen LogP contribution in [0, 0.1) is 12.7 Å². The fourth-order valence-corrected chi connectivity index (χ4v) is 2.98. The molecule has 142 valence electrons. The monoisotopic (exact) mass is 393 g/mol. The van der Waals surface area contributed by atoms with Crippen molar-refractivity contribution in [3.8, 4) is 0 Å². The number of aromatic amines is 1. The van der Waals surface area contributed by atoms with Gasteiger partial charge in [0.1, 0.15) is 16.4 Å². The Bertz CT molecular complexity index is 950. The minimum Gasteiger partial charge on any atom is -0.356 e. The number of H-pyrrole nitrogens is 1. The number of sulfonamides is 1. The van der Waals surface area contributed by atoms with E-state index in [2.05, 4.69) is 10.3 Å². The maximum atomic E-state index is 13.5. The highest BCUT2D eigenvalue weighted by Crippen LogP contribution is 2.34. The molecule has 0 atom stereocenters. The van der Waals surface area contributed by atoms with Gasteiger partial charge in [-0.05, 0) is 30.7 Å². The van der Waals surface area contributed by atoms with Crippen molar-refractivity contribution in [3.05, 3.63) is 47.0 Å². The number of nitrogens with one attached hydrogen (secondary N) is 2. The van der Waals surface area contributed by atoms with Gasteiger partial charge in [0.2, 0.25) is 10.0 Å². The van der Waals surface area contributed by atoms with Crippen LogP contribution in [0.2, 0.25) is 0 Å². The number of rotatable bonds is 4. The molecule has 0 fully saturated rings. The van der Waals surface area contributed by atoms with Crippen LogP contribution in [-0.2, 0) is 16.2 Å². The van der Waals surface area contributed by atoms with E-state index >= 15 is 0 Å². The van der Waals surface area contributed by atoms with Crippen LogP contribution in [0.1, 0.15) is 21.6 Å². The van der Waals surface area contributed by atoms with Crippen molar-refractivity contribution in [2.24, 2.45) is 0 Å². The van der Waals surface area contributed by atoms with E-state index in [9.17, 15) is 30.8 Å². The molecule has 0 aliphatic heterocycles. The third-order valence-corrected chi connectivity index (χ3v) is 5.34. The number of halogens is 4. The van der Waals surface area contributed by atoms with Crippen LogP contribution in [0.25, 0.3) is 0 Å². The SMILES string of the molecule is Cc1cc(F)c(C(F)(F)F)cc1NC(=O)c1cc(S(=O)(=O)N(C)C)c[nH]1. The average molecular weight is 393 g/mol. The maximum Gasteiger partial charge on any atom is 0.419 e. The minimum absolute atomic E-state index is 0.0801. The summed E-state index contributed by atoms with van der Waals surface area (Å²) in [5, 5.41) is 2.21. The smallest absolute Gasteiger partial charge is 0.356 e. The van der Waals surface area contributed by atoms with Gasteiger partial charge >= 0.3 is 6.18 Å². The lowest BCUT2D eigenvalue weighted by Crippen LogP contribution is -2.21. The molecule has 26 heavy (non-hydrogen) atoms. The average Bonchev–Trinajstić information content (AvgIpc) is 2.99. The molecule has 2 aromatic rings. The summed E-state index contributed by atoms with van der Waals surface area (Å²) in [6, 6.07) is 2.20. The fraction of sp³-hybridized carbons (Fsp3) is 0.267. The highest BCUT2D eigenvalue weighted by molar-refractivity contribution is 7.89. The number of hydrogen-bond acceptors (Lipinski definition) is 3. The van der Waals surface area contributed by atoms with Gasteiger partial charge in [0.25, 0.3) is 5.91 Å². The third kappa shape index (κ3) is 3.88. The standard InChI is InChI=1S/C15H15F4N3O3S/c1-8-4-11(16)10(15(17,18)19)6-12(8)21-14(23)13-5-9(7-20-13)26(24,25)22(2)3/h4-7,20H,1-3H3,(H,21,23). The molecular weight excluding hydrogens is 378 g/mol. The molecule has 2 N–H and O–H groups in total. The number of alkyl halides is 3. The van der Waals surface area contributed by atoms with Gasteiger partial charge in [-0.1, -0.05) is 0 Å². The number of benzene rings is 1. The van der Waals surface area contributed by atoms with Gasteiger partial charge in [0.15, 0.2) is 0 Å². The van der Waals surface area contributed by atoms with Crippen molar-refractivity contribution in [2.45, 2.75) is 18.0 Å². The Labute approximate surface area is 146 Å². The van der Waals surface area contributed by atoms with Crippen LogP contribution in [0.15, 0.2) is 29.3 Å². The van der Waals surface area contributed by atoms with E-state index in [1.165, 1.54) is 21.0 Å². The van der Waals surface area contributed by atoms with Crippen LogP contribution in [-0.4, -0.2) is 37.7 Å². The van der Waals surface area contributed by atoms with Crippen molar-refractivity contribution in [1.29, 1.82) is 0 Å². The number of hydrogen-bond donors (Lipinski definition) is 2. The summed E-state index contributed by atoms with van der Waals surface area (Å²) >= 11 is 0. The van der Waals surface area contributed by atoms with Crippen molar-refractivity contribution in [2.75, 3.05) is 19.4 Å². The summed E-state index contributed by atoms with van der Waals surface area (Å²) in [5.41, 5.74) is -1.85. The van der Waals surface area contributed by atoms with E-state index in [1.54, 1.807) is 0 Å². The van der Waals surface area contributed by atoms with Gasteiger partial charge in [0, 0.05) is 26.0 Å². The van der Waals surface area contributed by atoms with Gasteiger partial charge in [-0.15, -0.1) is 0 Å². The Balaban J connectivity index is 2.33. The molecule has 0 saturated heterocycles. The van der Waals surface area contributed by atoms with Gasteiger partial charge in [-0.25, -0.2) is 17.1 Å². The molecule has 1 amide bonds. The second kappa shape index (κ2) is 6.72. The number of carbonyl (C=O) groups excluding carboxylic acids is 1. The first-order chi connectivity index (χ1) is 11.8. The number of aromatic nitrogens is 1. The molecule has 0 bridgehead atoms. The topological polar surface area (TPSA) is 82.3 Å². The Kier molecular flexibility index (Phi) is 5.15. The molecule has 11 heteroatoms. The summed E-state index contributed by atoms with van der Waals surface area (Å²) in [5.74, 6) is -2.32. The number of anilines is 1. The predicted octanol–water partition coefficient (Wildman–Crippen LogP) is 2.98. The lowest BCUT2D eigenvalue weighted by atomic mass is 10.1. The van der Waals surface area contributed by atoms with Crippen LogP contribution in [0.4, 0.5) is 23.2 Å². The lowest BCUT2D eigenvalue weighted by molar-refractivity contribution is -0.139. The van der Waals surface area contributed by atoms with Crippen LogP contribution >= 0.6 is 0 Å². The van der Waals surface area contributed by atoms with Crippen LogP contribution in [0.3, 0.4) is 0 Å². The number of carbonyl (C=O) groups is 1. The van der Waals surface area contributed by atoms with E-state index < -0.39 is 33.5 Å². The predicted molar refractivity (Wildman–Crippen MR) is 85.8 cm³/mol. The van der Waals surface area contributed by atoms with Crippen molar-refractivity contribution in [3.63, 3.8) is 0 Å². The Morgan fingerprint density at radius 1 is 1.19 bits per heavy atom. The molecule has 0 radical (unpaired) electrons. The summed E-state index contributed by atoms with van der Waals surface area (Å²) in [4.78, 5) is 14.5. The molecule has 0 spiro atoms. The quantitative estimate of drug-likeness (QED) is 0.784. The summed E-state index contributed by atoms with van der Waals surface area (Å²) in [6.07, 6.45) is -3.83. The first-order valence-electron chi connectivity index (χ1n) is 7.13.